The van der Waals surface area contributed by atoms with E-state index >= 15 is 0 Å². The van der Waals surface area contributed by atoms with E-state index in [4.69, 9.17) is 5.11 Å². The first kappa shape index (κ1) is 13.2. The molecule has 0 bridgehead atoms. The summed E-state index contributed by atoms with van der Waals surface area (Å²) >= 11 is 0. The summed E-state index contributed by atoms with van der Waals surface area (Å²) in [6, 6.07) is 5.61. The van der Waals surface area contributed by atoms with Crippen LogP contribution < -0.4 is 10.6 Å². The van der Waals surface area contributed by atoms with Crippen LogP contribution >= 0.6 is 0 Å². The molecule has 0 atom stereocenters. The highest BCUT2D eigenvalue weighted by atomic mass is 16.3. The van der Waals surface area contributed by atoms with E-state index in [0.717, 1.165) is 11.5 Å². The van der Waals surface area contributed by atoms with Crippen molar-refractivity contribution in [1.82, 2.24) is 15.0 Å². The van der Waals surface area contributed by atoms with Gasteiger partial charge >= 0.3 is 0 Å². The van der Waals surface area contributed by atoms with Crippen molar-refractivity contribution in [3.05, 3.63) is 36.4 Å². The van der Waals surface area contributed by atoms with Crippen LogP contribution in [-0.4, -0.2) is 33.2 Å². The normalized spacial score (nSPS) is 10.2. The average molecular weight is 259 g/mol. The summed E-state index contributed by atoms with van der Waals surface area (Å²) in [6.45, 7) is 2.68. The Kier molecular flexibility index (Phi) is 4.63. The summed E-state index contributed by atoms with van der Waals surface area (Å²) < 4.78 is 0. The first-order chi connectivity index (χ1) is 9.28. The van der Waals surface area contributed by atoms with Gasteiger partial charge in [0.25, 0.3) is 0 Å². The van der Waals surface area contributed by atoms with Crippen LogP contribution in [0.25, 0.3) is 0 Å². The van der Waals surface area contributed by atoms with Crippen molar-refractivity contribution in [3.63, 3.8) is 0 Å². The number of pyridine rings is 1. The highest BCUT2D eigenvalue weighted by Crippen LogP contribution is 2.16. The van der Waals surface area contributed by atoms with Crippen molar-refractivity contribution in [2.45, 2.75) is 13.3 Å². The molecule has 2 aromatic heterocycles. The van der Waals surface area contributed by atoms with Crippen LogP contribution in [0.1, 0.15) is 12.2 Å². The Morgan fingerprint density at radius 1 is 1.26 bits per heavy atom. The second kappa shape index (κ2) is 6.65. The van der Waals surface area contributed by atoms with Gasteiger partial charge in [0, 0.05) is 25.4 Å². The zero-order valence-electron chi connectivity index (χ0n) is 10.8. The average Bonchev–Trinajstić information content (AvgIpc) is 2.39. The molecule has 0 aliphatic carbocycles. The topological polar surface area (TPSA) is 83.0 Å². The monoisotopic (exact) mass is 259 g/mol. The van der Waals surface area contributed by atoms with Gasteiger partial charge < -0.3 is 15.7 Å². The number of hydrogen-bond acceptors (Lipinski definition) is 6. The molecule has 6 nitrogen and oxygen atoms in total. The van der Waals surface area contributed by atoms with E-state index in [0.29, 0.717) is 24.6 Å². The predicted octanol–water partition coefficient (Wildman–Crippen LogP) is 1.72. The van der Waals surface area contributed by atoms with E-state index in [1.165, 1.54) is 0 Å². The summed E-state index contributed by atoms with van der Waals surface area (Å²) in [5, 5.41) is 15.1. The number of anilines is 3. The van der Waals surface area contributed by atoms with Crippen molar-refractivity contribution < 1.29 is 5.11 Å². The second-order valence-corrected chi connectivity index (χ2v) is 4.06. The molecule has 0 fully saturated rings. The van der Waals surface area contributed by atoms with Gasteiger partial charge in [0.15, 0.2) is 0 Å². The number of nitrogens with zero attached hydrogens (tertiary/aromatic N) is 3. The summed E-state index contributed by atoms with van der Waals surface area (Å²) in [7, 11) is 0. The van der Waals surface area contributed by atoms with Gasteiger partial charge in [-0.15, -0.1) is 0 Å². The van der Waals surface area contributed by atoms with E-state index < -0.39 is 0 Å². The van der Waals surface area contributed by atoms with Gasteiger partial charge in [-0.05, 0) is 25.5 Å². The molecular weight excluding hydrogens is 242 g/mol. The zero-order valence-corrected chi connectivity index (χ0v) is 10.8. The molecule has 19 heavy (non-hydrogen) atoms. The van der Waals surface area contributed by atoms with Crippen molar-refractivity contribution in [1.29, 1.82) is 0 Å². The van der Waals surface area contributed by atoms with Gasteiger partial charge in [0.2, 0.25) is 0 Å². The molecule has 0 amide bonds. The maximum atomic E-state index is 8.76. The number of aliphatic hydroxyl groups is 1. The van der Waals surface area contributed by atoms with Gasteiger partial charge in [-0.2, -0.15) is 0 Å². The highest BCUT2D eigenvalue weighted by molar-refractivity contribution is 5.58. The summed E-state index contributed by atoms with van der Waals surface area (Å²) in [5.41, 5.74) is 0.877. The van der Waals surface area contributed by atoms with Crippen molar-refractivity contribution in [3.8, 4) is 0 Å². The lowest BCUT2D eigenvalue weighted by atomic mass is 10.4. The molecule has 2 rings (SSSR count). The standard InChI is InChI=1S/C13H17N5O/c1-10-16-12(15-6-3-7-19)8-13(17-10)18-11-4-2-5-14-9-11/h2,4-5,8-9,19H,3,6-7H2,1H3,(H2,15,16,17,18). The zero-order chi connectivity index (χ0) is 13.5. The van der Waals surface area contributed by atoms with Gasteiger partial charge in [0.1, 0.15) is 17.5 Å². The molecular formula is C13H17N5O. The van der Waals surface area contributed by atoms with Crippen LogP contribution in [0.15, 0.2) is 30.6 Å². The first-order valence-electron chi connectivity index (χ1n) is 6.15. The minimum atomic E-state index is 0.165. The number of nitrogens with one attached hydrogen (secondary N) is 2. The van der Waals surface area contributed by atoms with E-state index in [1.807, 2.05) is 25.1 Å². The van der Waals surface area contributed by atoms with Crippen molar-refractivity contribution in [2.24, 2.45) is 0 Å². The SMILES string of the molecule is Cc1nc(NCCCO)cc(Nc2cccnc2)n1. The minimum absolute atomic E-state index is 0.165. The van der Waals surface area contributed by atoms with Crippen LogP contribution in [0.4, 0.5) is 17.3 Å². The molecule has 6 heteroatoms. The summed E-state index contributed by atoms with van der Waals surface area (Å²) in [5.74, 6) is 2.14. The molecule has 0 aromatic carbocycles. The molecule has 0 radical (unpaired) electrons. The van der Waals surface area contributed by atoms with E-state index in [2.05, 4.69) is 25.6 Å². The maximum absolute atomic E-state index is 8.76. The summed E-state index contributed by atoms with van der Waals surface area (Å²) in [6.07, 6.45) is 4.14. The van der Waals surface area contributed by atoms with Gasteiger partial charge in [0.05, 0.1) is 11.9 Å². The smallest absolute Gasteiger partial charge is 0.136 e. The molecule has 3 N–H and O–H groups in total. The van der Waals surface area contributed by atoms with Crippen LogP contribution in [-0.2, 0) is 0 Å². The lowest BCUT2D eigenvalue weighted by molar-refractivity contribution is 0.292. The molecule has 0 saturated carbocycles. The Labute approximate surface area is 112 Å². The fourth-order valence-electron chi connectivity index (χ4n) is 1.60. The Balaban J connectivity index is 2.08. The molecule has 100 valence electrons. The number of aliphatic hydroxyl groups excluding tert-OH is 1. The molecule has 2 aromatic rings. The second-order valence-electron chi connectivity index (χ2n) is 4.06. The third-order valence-corrected chi connectivity index (χ3v) is 2.41. The number of hydrogen-bond donors (Lipinski definition) is 3. The van der Waals surface area contributed by atoms with Crippen molar-refractivity contribution in [2.75, 3.05) is 23.8 Å². The van der Waals surface area contributed by atoms with Crippen LogP contribution in [0, 0.1) is 6.92 Å². The number of rotatable bonds is 6. The van der Waals surface area contributed by atoms with E-state index in [9.17, 15) is 0 Å². The lowest BCUT2D eigenvalue weighted by Gasteiger charge is -2.09. The Bertz CT molecular complexity index is 518. The molecule has 0 aliphatic rings. The Morgan fingerprint density at radius 3 is 2.84 bits per heavy atom. The third kappa shape index (κ3) is 4.18. The Hall–Kier alpha value is -2.21. The molecule has 2 heterocycles. The van der Waals surface area contributed by atoms with E-state index in [-0.39, 0.29) is 6.61 Å². The van der Waals surface area contributed by atoms with Crippen LogP contribution in [0.3, 0.4) is 0 Å². The minimum Gasteiger partial charge on any atom is -0.396 e. The van der Waals surface area contributed by atoms with Crippen LogP contribution in [0.2, 0.25) is 0 Å². The number of aryl methyl sites for hydroxylation is 1. The van der Waals surface area contributed by atoms with Gasteiger partial charge in [-0.25, -0.2) is 9.97 Å². The predicted molar refractivity (Wildman–Crippen MR) is 74.5 cm³/mol. The van der Waals surface area contributed by atoms with E-state index in [1.54, 1.807) is 12.4 Å². The van der Waals surface area contributed by atoms with Gasteiger partial charge in [-0.3, -0.25) is 4.98 Å². The fourth-order valence-corrected chi connectivity index (χ4v) is 1.60. The van der Waals surface area contributed by atoms with Gasteiger partial charge in [-0.1, -0.05) is 0 Å². The molecule has 0 saturated heterocycles. The summed E-state index contributed by atoms with van der Waals surface area (Å²) in [4.78, 5) is 12.6. The van der Waals surface area contributed by atoms with Crippen LogP contribution in [0.5, 0.6) is 0 Å². The highest BCUT2D eigenvalue weighted by Gasteiger charge is 2.02. The third-order valence-electron chi connectivity index (χ3n) is 2.41. The largest absolute Gasteiger partial charge is 0.396 e. The fraction of sp³-hybridized carbons (Fsp3) is 0.308. The molecule has 0 aliphatic heterocycles. The molecule has 0 unspecified atom stereocenters. The molecule has 0 spiro atoms. The van der Waals surface area contributed by atoms with Crippen molar-refractivity contribution >= 4 is 17.3 Å². The first-order valence-corrected chi connectivity index (χ1v) is 6.15. The lowest BCUT2D eigenvalue weighted by Crippen LogP contribution is -2.07. The quantitative estimate of drug-likeness (QED) is 0.685. The Morgan fingerprint density at radius 2 is 2.11 bits per heavy atom. The maximum Gasteiger partial charge on any atom is 0.136 e. The number of aromatic nitrogens is 3.